The standard InChI is InChI=1S/C12H22O5S/c1-2-12(7-3-4-8-12)18-17-11(14)16-15-10-6-5-9-13/h13H,2-10H2,1H3. The van der Waals surface area contributed by atoms with Gasteiger partial charge in [-0.1, -0.05) is 19.8 Å². The fourth-order valence-electron chi connectivity index (χ4n) is 2.01. The maximum absolute atomic E-state index is 11.3. The Morgan fingerprint density at radius 3 is 2.67 bits per heavy atom. The number of unbranched alkanes of at least 4 members (excludes halogenated alkanes) is 1. The minimum atomic E-state index is -0.802. The van der Waals surface area contributed by atoms with Crippen LogP contribution in [0.3, 0.4) is 0 Å². The molecule has 0 amide bonds. The third-order valence-electron chi connectivity index (χ3n) is 3.21. The van der Waals surface area contributed by atoms with Crippen molar-refractivity contribution in [2.75, 3.05) is 13.2 Å². The Hall–Kier alpha value is -0.460. The summed E-state index contributed by atoms with van der Waals surface area (Å²) >= 11 is 1.21. The van der Waals surface area contributed by atoms with E-state index in [0.717, 1.165) is 19.3 Å². The van der Waals surface area contributed by atoms with Crippen LogP contribution in [0.2, 0.25) is 0 Å². The van der Waals surface area contributed by atoms with E-state index in [1.54, 1.807) is 0 Å². The van der Waals surface area contributed by atoms with Gasteiger partial charge in [0.25, 0.3) is 0 Å². The molecule has 1 aliphatic carbocycles. The summed E-state index contributed by atoms with van der Waals surface area (Å²) in [5, 5.41) is 8.54. The van der Waals surface area contributed by atoms with Gasteiger partial charge in [0, 0.05) is 6.61 Å². The Labute approximate surface area is 112 Å². The van der Waals surface area contributed by atoms with Gasteiger partial charge in [-0.15, -0.1) is 0 Å². The lowest BCUT2D eigenvalue weighted by molar-refractivity contribution is -0.248. The zero-order valence-corrected chi connectivity index (χ0v) is 11.7. The van der Waals surface area contributed by atoms with E-state index < -0.39 is 6.16 Å². The van der Waals surface area contributed by atoms with Gasteiger partial charge in [0.05, 0.1) is 23.4 Å². The lowest BCUT2D eigenvalue weighted by Crippen LogP contribution is -2.20. The Kier molecular flexibility index (Phi) is 7.46. The van der Waals surface area contributed by atoms with Gasteiger partial charge in [0.1, 0.15) is 0 Å². The SMILES string of the molecule is CCC1(SOC(=O)OOCCCCO)CCCC1. The average Bonchev–Trinajstić information content (AvgIpc) is 2.86. The minimum Gasteiger partial charge on any atom is -0.396 e. The molecule has 5 nitrogen and oxygen atoms in total. The predicted molar refractivity (Wildman–Crippen MR) is 68.9 cm³/mol. The van der Waals surface area contributed by atoms with Crippen LogP contribution in [0.4, 0.5) is 4.79 Å². The number of hydrogen-bond donors (Lipinski definition) is 1. The Morgan fingerprint density at radius 1 is 1.33 bits per heavy atom. The molecule has 1 fully saturated rings. The summed E-state index contributed by atoms with van der Waals surface area (Å²) in [6, 6.07) is 0. The second kappa shape index (κ2) is 8.61. The largest absolute Gasteiger partial charge is 0.553 e. The van der Waals surface area contributed by atoms with Gasteiger partial charge >= 0.3 is 6.16 Å². The lowest BCUT2D eigenvalue weighted by Gasteiger charge is -2.23. The summed E-state index contributed by atoms with van der Waals surface area (Å²) in [5.41, 5.74) is 0. The summed E-state index contributed by atoms with van der Waals surface area (Å²) in [6.45, 7) is 2.50. The van der Waals surface area contributed by atoms with E-state index in [1.807, 2.05) is 0 Å². The van der Waals surface area contributed by atoms with Crippen molar-refractivity contribution in [1.29, 1.82) is 0 Å². The van der Waals surface area contributed by atoms with E-state index in [2.05, 4.69) is 16.7 Å². The molecule has 18 heavy (non-hydrogen) atoms. The maximum atomic E-state index is 11.3. The van der Waals surface area contributed by atoms with Crippen molar-refractivity contribution in [1.82, 2.24) is 0 Å². The molecular weight excluding hydrogens is 256 g/mol. The molecule has 0 aromatic rings. The minimum absolute atomic E-state index is 0.0654. The van der Waals surface area contributed by atoms with Crippen molar-refractivity contribution in [2.45, 2.75) is 56.6 Å². The molecule has 0 aromatic carbocycles. The highest BCUT2D eigenvalue weighted by atomic mass is 32.2. The summed E-state index contributed by atoms with van der Waals surface area (Å²) in [6.07, 6.45) is 6.01. The zero-order chi connectivity index (χ0) is 13.3. The van der Waals surface area contributed by atoms with Gasteiger partial charge < -0.3 is 9.29 Å². The van der Waals surface area contributed by atoms with E-state index in [4.69, 9.17) is 9.29 Å². The van der Waals surface area contributed by atoms with Crippen molar-refractivity contribution >= 4 is 18.2 Å². The van der Waals surface area contributed by atoms with E-state index in [9.17, 15) is 4.79 Å². The number of rotatable bonds is 8. The van der Waals surface area contributed by atoms with E-state index in [0.29, 0.717) is 12.8 Å². The number of carbonyl (C=O) groups excluding carboxylic acids is 1. The summed E-state index contributed by atoms with van der Waals surface area (Å²) < 4.78 is 5.07. The molecule has 106 valence electrons. The number of carbonyl (C=O) groups is 1. The van der Waals surface area contributed by atoms with Crippen LogP contribution in [-0.4, -0.2) is 29.2 Å². The first-order valence-electron chi connectivity index (χ1n) is 6.52. The first kappa shape index (κ1) is 15.6. The van der Waals surface area contributed by atoms with Crippen molar-refractivity contribution in [2.24, 2.45) is 0 Å². The maximum Gasteiger partial charge on any atom is 0.553 e. The molecule has 0 aliphatic heterocycles. The summed E-state index contributed by atoms with van der Waals surface area (Å²) in [4.78, 5) is 20.4. The number of hydrogen-bond acceptors (Lipinski definition) is 6. The van der Waals surface area contributed by atoms with Crippen LogP contribution in [0.15, 0.2) is 0 Å². The van der Waals surface area contributed by atoms with Crippen LogP contribution in [-0.2, 0) is 14.0 Å². The summed E-state index contributed by atoms with van der Waals surface area (Å²) in [7, 11) is 0. The van der Waals surface area contributed by atoms with Crippen molar-refractivity contribution in [3.05, 3.63) is 0 Å². The van der Waals surface area contributed by atoms with E-state index in [1.165, 1.54) is 24.9 Å². The highest BCUT2D eigenvalue weighted by Crippen LogP contribution is 2.44. The Balaban J connectivity index is 2.09. The first-order valence-corrected chi connectivity index (χ1v) is 7.26. The molecule has 0 saturated heterocycles. The van der Waals surface area contributed by atoms with Gasteiger partial charge in [-0.3, -0.25) is 4.89 Å². The topological polar surface area (TPSA) is 65.0 Å². The van der Waals surface area contributed by atoms with Crippen LogP contribution < -0.4 is 0 Å². The van der Waals surface area contributed by atoms with Crippen LogP contribution in [0, 0.1) is 0 Å². The third kappa shape index (κ3) is 5.46. The zero-order valence-electron chi connectivity index (χ0n) is 10.9. The highest BCUT2D eigenvalue weighted by Gasteiger charge is 2.35. The first-order chi connectivity index (χ1) is 8.72. The molecule has 0 unspecified atom stereocenters. The van der Waals surface area contributed by atoms with Gasteiger partial charge in [-0.2, -0.15) is 9.68 Å². The molecule has 0 aromatic heterocycles. The smallest absolute Gasteiger partial charge is 0.396 e. The van der Waals surface area contributed by atoms with Gasteiger partial charge in [0.15, 0.2) is 0 Å². The van der Waals surface area contributed by atoms with E-state index >= 15 is 0 Å². The molecule has 6 heteroatoms. The van der Waals surface area contributed by atoms with Crippen LogP contribution in [0.1, 0.15) is 51.9 Å². The predicted octanol–water partition coefficient (Wildman–Crippen LogP) is 3.21. The molecule has 0 radical (unpaired) electrons. The second-order valence-corrected chi connectivity index (χ2v) is 5.70. The quantitative estimate of drug-likeness (QED) is 0.318. The fraction of sp³-hybridized carbons (Fsp3) is 0.917. The van der Waals surface area contributed by atoms with Crippen molar-refractivity contribution in [3.63, 3.8) is 0 Å². The molecule has 0 heterocycles. The molecular formula is C12H22O5S. The number of aliphatic hydroxyl groups is 1. The van der Waals surface area contributed by atoms with Gasteiger partial charge in [0.2, 0.25) is 0 Å². The highest BCUT2D eigenvalue weighted by molar-refractivity contribution is 7.96. The van der Waals surface area contributed by atoms with Crippen molar-refractivity contribution < 1.29 is 23.9 Å². The molecule has 0 spiro atoms. The van der Waals surface area contributed by atoms with Crippen LogP contribution in [0.25, 0.3) is 0 Å². The molecule has 0 bridgehead atoms. The summed E-state index contributed by atoms with van der Waals surface area (Å²) in [5.74, 6) is 0. The van der Waals surface area contributed by atoms with Crippen molar-refractivity contribution in [3.8, 4) is 0 Å². The number of aliphatic hydroxyl groups excluding tert-OH is 1. The monoisotopic (exact) mass is 278 g/mol. The molecule has 1 rings (SSSR count). The second-order valence-electron chi connectivity index (χ2n) is 4.50. The van der Waals surface area contributed by atoms with Crippen LogP contribution in [0.5, 0.6) is 0 Å². The fourth-order valence-corrected chi connectivity index (χ4v) is 2.86. The lowest BCUT2D eigenvalue weighted by atomic mass is 10.0. The van der Waals surface area contributed by atoms with Gasteiger partial charge in [-0.25, -0.2) is 0 Å². The normalized spacial score (nSPS) is 17.7. The average molecular weight is 278 g/mol. The van der Waals surface area contributed by atoms with Gasteiger partial charge in [-0.05, 0) is 32.1 Å². The molecule has 1 N–H and O–H groups in total. The Bertz CT molecular complexity index is 241. The van der Waals surface area contributed by atoms with Crippen LogP contribution >= 0.6 is 12.0 Å². The Morgan fingerprint density at radius 2 is 2.06 bits per heavy atom. The third-order valence-corrected chi connectivity index (χ3v) is 4.48. The molecule has 0 atom stereocenters. The molecule has 1 saturated carbocycles. The molecule has 1 aliphatic rings. The van der Waals surface area contributed by atoms with E-state index in [-0.39, 0.29) is 18.0 Å².